The van der Waals surface area contributed by atoms with Crippen molar-refractivity contribution in [3.05, 3.63) is 35.1 Å². The maximum absolute atomic E-state index is 12.8. The SMILES string of the molecule is O=C(CSc1nnc(C2CC2)n1C1CC1)N1CCC(c2nc3ccccc3s2)CC1. The van der Waals surface area contributed by atoms with Gasteiger partial charge in [-0.05, 0) is 50.7 Å². The first kappa shape index (κ1) is 18.8. The molecule has 3 aliphatic rings. The average Bonchev–Trinajstić information content (AvgIpc) is 3.72. The maximum Gasteiger partial charge on any atom is 0.233 e. The lowest BCUT2D eigenvalue weighted by molar-refractivity contribution is -0.129. The van der Waals surface area contributed by atoms with Gasteiger partial charge in [0.15, 0.2) is 5.16 Å². The van der Waals surface area contributed by atoms with E-state index in [-0.39, 0.29) is 5.91 Å². The molecule has 1 aliphatic heterocycles. The molecular formula is C22H25N5OS2. The first-order valence-corrected chi connectivity index (χ1v) is 12.8. The Kier molecular flexibility index (Phi) is 4.79. The van der Waals surface area contributed by atoms with Crippen molar-refractivity contribution in [3.63, 3.8) is 0 Å². The Labute approximate surface area is 184 Å². The molecule has 1 amide bonds. The molecule has 30 heavy (non-hydrogen) atoms. The van der Waals surface area contributed by atoms with Gasteiger partial charge in [-0.2, -0.15) is 0 Å². The van der Waals surface area contributed by atoms with Crippen LogP contribution < -0.4 is 0 Å². The van der Waals surface area contributed by atoms with E-state index in [2.05, 4.69) is 33.0 Å². The number of rotatable bonds is 6. The first-order chi connectivity index (χ1) is 14.8. The van der Waals surface area contributed by atoms with Crippen LogP contribution in [0.3, 0.4) is 0 Å². The van der Waals surface area contributed by atoms with Crippen molar-refractivity contribution in [2.75, 3.05) is 18.8 Å². The van der Waals surface area contributed by atoms with E-state index in [0.717, 1.165) is 42.4 Å². The van der Waals surface area contributed by atoms with Crippen LogP contribution in [0.25, 0.3) is 10.2 Å². The summed E-state index contributed by atoms with van der Waals surface area (Å²) in [6, 6.07) is 8.91. The minimum atomic E-state index is 0.223. The van der Waals surface area contributed by atoms with E-state index in [4.69, 9.17) is 4.98 Å². The van der Waals surface area contributed by atoms with Crippen LogP contribution in [-0.4, -0.2) is 49.4 Å². The molecule has 0 spiro atoms. The van der Waals surface area contributed by atoms with Crippen LogP contribution in [0, 0.1) is 0 Å². The number of hydrogen-bond acceptors (Lipinski definition) is 6. The standard InChI is InChI=1S/C22H25N5OS2/c28-19(13-29-22-25-24-20(14-5-6-14)27(22)16-7-8-16)26-11-9-15(10-12-26)21-23-17-3-1-2-4-18(17)30-21/h1-4,14-16H,5-13H2. The minimum Gasteiger partial charge on any atom is -0.342 e. The summed E-state index contributed by atoms with van der Waals surface area (Å²) >= 11 is 3.38. The van der Waals surface area contributed by atoms with E-state index < -0.39 is 0 Å². The van der Waals surface area contributed by atoms with E-state index in [1.165, 1.54) is 35.4 Å². The van der Waals surface area contributed by atoms with Crippen LogP contribution in [0.15, 0.2) is 29.4 Å². The van der Waals surface area contributed by atoms with Crippen LogP contribution in [0.2, 0.25) is 0 Å². The number of para-hydroxylation sites is 1. The Morgan fingerprint density at radius 1 is 1.03 bits per heavy atom. The minimum absolute atomic E-state index is 0.223. The van der Waals surface area contributed by atoms with Crippen molar-refractivity contribution in [1.82, 2.24) is 24.6 Å². The van der Waals surface area contributed by atoms with Gasteiger partial charge in [0.2, 0.25) is 5.91 Å². The zero-order chi connectivity index (χ0) is 20.1. The maximum atomic E-state index is 12.8. The van der Waals surface area contributed by atoms with Gasteiger partial charge in [-0.15, -0.1) is 21.5 Å². The number of thiazole rings is 1. The lowest BCUT2D eigenvalue weighted by Crippen LogP contribution is -2.39. The van der Waals surface area contributed by atoms with E-state index in [9.17, 15) is 4.79 Å². The molecule has 6 rings (SSSR count). The predicted molar refractivity (Wildman–Crippen MR) is 119 cm³/mol. The number of thioether (sulfide) groups is 1. The van der Waals surface area contributed by atoms with Gasteiger partial charge in [-0.25, -0.2) is 4.98 Å². The van der Waals surface area contributed by atoms with Gasteiger partial charge in [0.05, 0.1) is 21.0 Å². The molecule has 156 valence electrons. The number of amides is 1. The van der Waals surface area contributed by atoms with Crippen LogP contribution >= 0.6 is 23.1 Å². The number of piperidine rings is 1. The number of likely N-dealkylation sites (tertiary alicyclic amines) is 1. The molecule has 3 heterocycles. The second-order valence-electron chi connectivity index (χ2n) is 8.68. The number of nitrogens with zero attached hydrogens (tertiary/aromatic N) is 5. The lowest BCUT2D eigenvalue weighted by Gasteiger charge is -2.31. The summed E-state index contributed by atoms with van der Waals surface area (Å²) in [5, 5.41) is 11.0. The molecular weight excluding hydrogens is 414 g/mol. The molecule has 6 nitrogen and oxygen atoms in total. The molecule has 2 saturated carbocycles. The third-order valence-electron chi connectivity index (χ3n) is 6.38. The van der Waals surface area contributed by atoms with Gasteiger partial charge in [-0.1, -0.05) is 23.9 Å². The van der Waals surface area contributed by atoms with Crippen LogP contribution in [-0.2, 0) is 4.79 Å². The Morgan fingerprint density at radius 3 is 2.57 bits per heavy atom. The van der Waals surface area contributed by atoms with Crippen LogP contribution in [0.4, 0.5) is 0 Å². The lowest BCUT2D eigenvalue weighted by atomic mass is 9.97. The highest BCUT2D eigenvalue weighted by Crippen LogP contribution is 2.46. The van der Waals surface area contributed by atoms with Crippen molar-refractivity contribution < 1.29 is 4.79 Å². The second-order valence-corrected chi connectivity index (χ2v) is 10.7. The molecule has 0 unspecified atom stereocenters. The number of carbonyl (C=O) groups excluding carboxylic acids is 1. The normalized spacial score (nSPS) is 20.2. The van der Waals surface area contributed by atoms with E-state index >= 15 is 0 Å². The van der Waals surface area contributed by atoms with E-state index in [0.29, 0.717) is 23.6 Å². The molecule has 0 bridgehead atoms. The highest BCUT2D eigenvalue weighted by Gasteiger charge is 2.36. The van der Waals surface area contributed by atoms with Gasteiger partial charge in [0.1, 0.15) is 5.82 Å². The Bertz CT molecular complexity index is 1040. The molecule has 0 radical (unpaired) electrons. The Hall–Kier alpha value is -1.93. The largest absolute Gasteiger partial charge is 0.342 e. The predicted octanol–water partition coefficient (Wildman–Crippen LogP) is 4.60. The molecule has 1 saturated heterocycles. The van der Waals surface area contributed by atoms with Gasteiger partial charge in [-0.3, -0.25) is 4.79 Å². The van der Waals surface area contributed by atoms with Gasteiger partial charge >= 0.3 is 0 Å². The summed E-state index contributed by atoms with van der Waals surface area (Å²) in [6.45, 7) is 1.64. The molecule has 0 atom stereocenters. The van der Waals surface area contributed by atoms with Crippen molar-refractivity contribution in [2.45, 2.75) is 61.6 Å². The molecule has 8 heteroatoms. The number of benzene rings is 1. The number of hydrogen-bond donors (Lipinski definition) is 0. The van der Waals surface area contributed by atoms with E-state index in [1.54, 1.807) is 23.1 Å². The second kappa shape index (κ2) is 7.64. The summed E-state index contributed by atoms with van der Waals surface area (Å²) in [6.07, 6.45) is 6.91. The van der Waals surface area contributed by atoms with Crippen molar-refractivity contribution in [2.24, 2.45) is 0 Å². The monoisotopic (exact) mass is 439 g/mol. The summed E-state index contributed by atoms with van der Waals surface area (Å²) in [4.78, 5) is 19.7. The molecule has 1 aromatic carbocycles. The quantitative estimate of drug-likeness (QED) is 0.525. The number of carbonyl (C=O) groups is 1. The smallest absolute Gasteiger partial charge is 0.233 e. The molecule has 3 aromatic rings. The van der Waals surface area contributed by atoms with Crippen molar-refractivity contribution in [3.8, 4) is 0 Å². The van der Waals surface area contributed by atoms with E-state index in [1.807, 2.05) is 11.0 Å². The Balaban J connectivity index is 1.06. The fourth-order valence-corrected chi connectivity index (χ4v) is 6.39. The highest BCUT2D eigenvalue weighted by molar-refractivity contribution is 7.99. The molecule has 0 N–H and O–H groups in total. The van der Waals surface area contributed by atoms with Gasteiger partial charge < -0.3 is 9.47 Å². The number of fused-ring (bicyclic) bond motifs is 1. The van der Waals surface area contributed by atoms with Gasteiger partial charge in [0.25, 0.3) is 0 Å². The summed E-state index contributed by atoms with van der Waals surface area (Å²) in [7, 11) is 0. The zero-order valence-corrected chi connectivity index (χ0v) is 18.5. The zero-order valence-electron chi connectivity index (χ0n) is 16.9. The van der Waals surface area contributed by atoms with Crippen LogP contribution in [0.1, 0.15) is 67.2 Å². The fourth-order valence-electron chi connectivity index (χ4n) is 4.34. The average molecular weight is 440 g/mol. The molecule has 2 aliphatic carbocycles. The topological polar surface area (TPSA) is 63.9 Å². The first-order valence-electron chi connectivity index (χ1n) is 11.0. The van der Waals surface area contributed by atoms with Gasteiger partial charge in [0, 0.05) is 31.0 Å². The third-order valence-corrected chi connectivity index (χ3v) is 8.50. The molecule has 3 fully saturated rings. The third kappa shape index (κ3) is 3.64. The highest BCUT2D eigenvalue weighted by atomic mass is 32.2. The van der Waals surface area contributed by atoms with Crippen LogP contribution in [0.5, 0.6) is 0 Å². The Morgan fingerprint density at radius 2 is 1.83 bits per heavy atom. The number of aromatic nitrogens is 4. The molecule has 2 aromatic heterocycles. The summed E-state index contributed by atoms with van der Waals surface area (Å²) in [5.74, 6) is 2.91. The van der Waals surface area contributed by atoms with Crippen molar-refractivity contribution >= 4 is 39.2 Å². The van der Waals surface area contributed by atoms with Crippen molar-refractivity contribution in [1.29, 1.82) is 0 Å². The fraction of sp³-hybridized carbons (Fsp3) is 0.545. The summed E-state index contributed by atoms with van der Waals surface area (Å²) in [5.41, 5.74) is 1.10. The summed E-state index contributed by atoms with van der Waals surface area (Å²) < 4.78 is 3.59.